The normalized spacial score (nSPS) is 15.6. The first-order valence-electron chi connectivity index (χ1n) is 8.26. The molecule has 1 fully saturated rings. The lowest BCUT2D eigenvalue weighted by atomic mass is 10.0. The van der Waals surface area contributed by atoms with E-state index in [-0.39, 0.29) is 0 Å². The third-order valence-corrected chi connectivity index (χ3v) is 4.95. The van der Waals surface area contributed by atoms with Crippen molar-refractivity contribution in [3.63, 3.8) is 0 Å². The molecule has 5 heteroatoms. The average Bonchev–Trinajstić information content (AvgIpc) is 2.63. The average molecular weight is 383 g/mol. The molecule has 0 spiro atoms. The lowest BCUT2D eigenvalue weighted by molar-refractivity contribution is 0.527. The molecule has 0 amide bonds. The maximum atomic E-state index is 4.53. The summed E-state index contributed by atoms with van der Waals surface area (Å²) in [5.74, 6) is 0. The van der Waals surface area contributed by atoms with Gasteiger partial charge in [0.25, 0.3) is 0 Å². The van der Waals surface area contributed by atoms with Crippen molar-refractivity contribution < 1.29 is 0 Å². The van der Waals surface area contributed by atoms with Gasteiger partial charge in [0.15, 0.2) is 0 Å². The molecule has 3 heterocycles. The highest BCUT2D eigenvalue weighted by atomic mass is 79.9. The predicted molar refractivity (Wildman–Crippen MR) is 103 cm³/mol. The number of aromatic nitrogens is 2. The molecular formula is C19H19BrN4. The second-order valence-corrected chi connectivity index (χ2v) is 7.04. The van der Waals surface area contributed by atoms with E-state index in [1.807, 2.05) is 24.5 Å². The van der Waals surface area contributed by atoms with Crippen molar-refractivity contribution >= 4 is 38.3 Å². The van der Waals surface area contributed by atoms with Gasteiger partial charge in [-0.2, -0.15) is 0 Å². The first-order valence-corrected chi connectivity index (χ1v) is 9.06. The van der Waals surface area contributed by atoms with E-state index in [0.29, 0.717) is 6.04 Å². The molecule has 24 heavy (non-hydrogen) atoms. The smallest absolute Gasteiger partial charge is 0.112 e. The summed E-state index contributed by atoms with van der Waals surface area (Å²) in [5.41, 5.74) is 4.24. The zero-order chi connectivity index (χ0) is 16.4. The van der Waals surface area contributed by atoms with Crippen LogP contribution in [0.2, 0.25) is 0 Å². The molecule has 1 aliphatic rings. The minimum atomic E-state index is 0.473. The summed E-state index contributed by atoms with van der Waals surface area (Å²) >= 11 is 3.46. The number of para-hydroxylation sites is 1. The topological polar surface area (TPSA) is 41.1 Å². The number of pyridine rings is 2. The highest BCUT2D eigenvalue weighted by molar-refractivity contribution is 9.10. The van der Waals surface area contributed by atoms with E-state index in [0.717, 1.165) is 47.1 Å². The van der Waals surface area contributed by atoms with Gasteiger partial charge in [0.05, 0.1) is 11.2 Å². The number of rotatable bonds is 3. The van der Waals surface area contributed by atoms with E-state index in [4.69, 9.17) is 0 Å². The third-order valence-electron chi connectivity index (χ3n) is 4.52. The fourth-order valence-electron chi connectivity index (χ4n) is 3.26. The Labute approximate surface area is 150 Å². The fraction of sp³-hybridized carbons (Fsp3) is 0.263. The largest absolute Gasteiger partial charge is 0.380 e. The number of hydrogen-bond donors (Lipinski definition) is 1. The third kappa shape index (κ3) is 3.22. The van der Waals surface area contributed by atoms with Gasteiger partial charge >= 0.3 is 0 Å². The van der Waals surface area contributed by atoms with Crippen LogP contribution in [0.5, 0.6) is 0 Å². The predicted octanol–water partition coefficient (Wildman–Crippen LogP) is 4.47. The standard InChI is InChI=1S/C19H19BrN4/c20-14-12-18-19(22-13-14)17(6-9-21-18)23-15-7-10-24(11-8-15)16-4-2-1-3-5-16/h1-6,9,12-13,15H,7-8,10-11H2,(H,21,23). The maximum Gasteiger partial charge on any atom is 0.112 e. The van der Waals surface area contributed by atoms with E-state index in [1.54, 1.807) is 0 Å². The molecule has 1 saturated heterocycles. The van der Waals surface area contributed by atoms with E-state index in [9.17, 15) is 0 Å². The molecule has 0 unspecified atom stereocenters. The lowest BCUT2D eigenvalue weighted by Crippen LogP contribution is -2.39. The van der Waals surface area contributed by atoms with Crippen LogP contribution in [0.3, 0.4) is 0 Å². The van der Waals surface area contributed by atoms with Gasteiger partial charge in [-0.15, -0.1) is 0 Å². The van der Waals surface area contributed by atoms with Crippen LogP contribution >= 0.6 is 15.9 Å². The molecule has 0 aliphatic carbocycles. The van der Waals surface area contributed by atoms with Crippen molar-refractivity contribution in [2.75, 3.05) is 23.3 Å². The zero-order valence-corrected chi connectivity index (χ0v) is 14.9. The van der Waals surface area contributed by atoms with Crippen LogP contribution in [0.1, 0.15) is 12.8 Å². The molecule has 1 aromatic carbocycles. The van der Waals surface area contributed by atoms with Crippen molar-refractivity contribution in [3.05, 3.63) is 59.3 Å². The molecule has 0 saturated carbocycles. The highest BCUT2D eigenvalue weighted by Gasteiger charge is 2.20. The summed E-state index contributed by atoms with van der Waals surface area (Å²) in [6, 6.07) is 15.1. The van der Waals surface area contributed by atoms with Crippen molar-refractivity contribution in [1.29, 1.82) is 0 Å². The molecule has 0 atom stereocenters. The Bertz CT molecular complexity index is 829. The number of halogens is 1. The van der Waals surface area contributed by atoms with Gasteiger partial charge in [-0.25, -0.2) is 0 Å². The molecule has 1 aliphatic heterocycles. The number of fused-ring (bicyclic) bond motifs is 1. The molecule has 1 N–H and O–H groups in total. The molecule has 3 aromatic rings. The summed E-state index contributed by atoms with van der Waals surface area (Å²) in [6.07, 6.45) is 5.91. The van der Waals surface area contributed by atoms with Gasteiger partial charge in [0.1, 0.15) is 5.52 Å². The number of piperidine rings is 1. The Morgan fingerprint density at radius 1 is 1.04 bits per heavy atom. The quantitative estimate of drug-likeness (QED) is 0.725. The number of benzene rings is 1. The minimum Gasteiger partial charge on any atom is -0.380 e. The van der Waals surface area contributed by atoms with E-state index < -0.39 is 0 Å². The zero-order valence-electron chi connectivity index (χ0n) is 13.3. The van der Waals surface area contributed by atoms with Crippen LogP contribution in [0.4, 0.5) is 11.4 Å². The van der Waals surface area contributed by atoms with Gasteiger partial charge in [-0.1, -0.05) is 18.2 Å². The SMILES string of the molecule is Brc1cnc2c(NC3CCN(c4ccccc4)CC3)ccnc2c1. The van der Waals surface area contributed by atoms with Gasteiger partial charge in [-0.05, 0) is 53.0 Å². The van der Waals surface area contributed by atoms with Crippen LogP contribution in [-0.2, 0) is 0 Å². The number of nitrogens with zero attached hydrogens (tertiary/aromatic N) is 3. The van der Waals surface area contributed by atoms with Crippen molar-refractivity contribution in [1.82, 2.24) is 9.97 Å². The maximum absolute atomic E-state index is 4.53. The van der Waals surface area contributed by atoms with Gasteiger partial charge in [-0.3, -0.25) is 9.97 Å². The number of hydrogen-bond acceptors (Lipinski definition) is 4. The Hall–Kier alpha value is -2.14. The van der Waals surface area contributed by atoms with Gasteiger partial charge < -0.3 is 10.2 Å². The second-order valence-electron chi connectivity index (χ2n) is 6.12. The summed E-state index contributed by atoms with van der Waals surface area (Å²) in [6.45, 7) is 2.15. The molecular weight excluding hydrogens is 364 g/mol. The highest BCUT2D eigenvalue weighted by Crippen LogP contribution is 2.26. The first-order chi connectivity index (χ1) is 11.8. The van der Waals surface area contributed by atoms with Crippen molar-refractivity contribution in [2.24, 2.45) is 0 Å². The first kappa shape index (κ1) is 15.4. The molecule has 2 aromatic heterocycles. The summed E-state index contributed by atoms with van der Waals surface area (Å²) in [5, 5.41) is 3.67. The van der Waals surface area contributed by atoms with E-state index in [2.05, 4.69) is 66.4 Å². The van der Waals surface area contributed by atoms with Crippen molar-refractivity contribution in [3.8, 4) is 0 Å². The Morgan fingerprint density at radius 3 is 2.62 bits per heavy atom. The molecule has 4 nitrogen and oxygen atoms in total. The van der Waals surface area contributed by atoms with Crippen LogP contribution in [-0.4, -0.2) is 29.1 Å². The molecule has 0 bridgehead atoms. The molecule has 122 valence electrons. The lowest BCUT2D eigenvalue weighted by Gasteiger charge is -2.34. The Kier molecular flexibility index (Phi) is 4.34. The summed E-state index contributed by atoms with van der Waals surface area (Å²) in [7, 11) is 0. The van der Waals surface area contributed by atoms with Crippen LogP contribution < -0.4 is 10.2 Å². The van der Waals surface area contributed by atoms with Crippen LogP contribution in [0.25, 0.3) is 11.0 Å². The Morgan fingerprint density at radius 2 is 1.83 bits per heavy atom. The van der Waals surface area contributed by atoms with Gasteiger partial charge in [0, 0.05) is 41.7 Å². The number of anilines is 2. The van der Waals surface area contributed by atoms with Crippen molar-refractivity contribution in [2.45, 2.75) is 18.9 Å². The van der Waals surface area contributed by atoms with E-state index in [1.165, 1.54) is 5.69 Å². The minimum absolute atomic E-state index is 0.473. The summed E-state index contributed by atoms with van der Waals surface area (Å²) in [4.78, 5) is 11.4. The van der Waals surface area contributed by atoms with Crippen LogP contribution in [0.15, 0.2) is 59.3 Å². The van der Waals surface area contributed by atoms with Gasteiger partial charge in [0.2, 0.25) is 0 Å². The second kappa shape index (κ2) is 6.77. The number of nitrogens with one attached hydrogen (secondary N) is 1. The fourth-order valence-corrected chi connectivity index (χ4v) is 3.58. The molecule has 4 rings (SSSR count). The molecule has 0 radical (unpaired) electrons. The summed E-state index contributed by atoms with van der Waals surface area (Å²) < 4.78 is 0.954. The monoisotopic (exact) mass is 382 g/mol. The van der Waals surface area contributed by atoms with Crippen LogP contribution in [0, 0.1) is 0 Å². The Balaban J connectivity index is 1.46. The van der Waals surface area contributed by atoms with E-state index >= 15 is 0 Å².